The molecule has 0 fully saturated rings. The maximum Gasteiger partial charge on any atom is 0.155 e. The van der Waals surface area contributed by atoms with Gasteiger partial charge in [0, 0.05) is 60.1 Å². The number of ketones is 1. The van der Waals surface area contributed by atoms with Crippen LogP contribution >= 0.6 is 0 Å². The Kier molecular flexibility index (Phi) is 9.76. The molecule has 0 spiro atoms. The van der Waals surface area contributed by atoms with Crippen molar-refractivity contribution in [3.8, 4) is 0 Å². The summed E-state index contributed by atoms with van der Waals surface area (Å²) in [5, 5.41) is 18.0. The van der Waals surface area contributed by atoms with E-state index < -0.39 is 0 Å². The molecule has 0 atom stereocenters. The zero-order chi connectivity index (χ0) is 31.5. The van der Waals surface area contributed by atoms with Gasteiger partial charge in [0.2, 0.25) is 0 Å². The van der Waals surface area contributed by atoms with E-state index in [1.54, 1.807) is 0 Å². The van der Waals surface area contributed by atoms with Crippen molar-refractivity contribution in [2.75, 3.05) is 0 Å². The standard InChI is InChI=1S/2C17H12N2.C5H8O2.Ir/c2*1-11-10-18-16-14-8-4-2-6-12(14)13-7-3-5-9-15(13)17(16)19-11;1-4(6)3-5(2)7;/h2*2-10H,1H3;3,6H,1-2H3;. The van der Waals surface area contributed by atoms with Gasteiger partial charge in [-0.3, -0.25) is 14.8 Å². The van der Waals surface area contributed by atoms with E-state index in [9.17, 15) is 4.79 Å². The second kappa shape index (κ2) is 13.9. The van der Waals surface area contributed by atoms with Crippen LogP contribution in [-0.2, 0) is 24.9 Å². The number of carbonyl (C=O) groups is 1. The Morgan fingerprint density at radius 3 is 1.07 bits per heavy atom. The normalized spacial score (nSPS) is 11.2. The Balaban J connectivity index is 0.000000149. The predicted octanol–water partition coefficient (Wildman–Crippen LogP) is 9.52. The Morgan fingerprint density at radius 2 is 0.804 bits per heavy atom. The minimum atomic E-state index is -0.125. The van der Waals surface area contributed by atoms with Gasteiger partial charge in [0.1, 0.15) is 0 Å². The third-order valence-electron chi connectivity index (χ3n) is 7.51. The molecule has 0 bridgehead atoms. The molecule has 6 nitrogen and oxygen atoms in total. The fourth-order valence-electron chi connectivity index (χ4n) is 5.72. The number of aryl methyl sites for hydroxylation is 2. The van der Waals surface area contributed by atoms with Crippen LogP contribution in [-0.4, -0.2) is 30.8 Å². The summed E-state index contributed by atoms with van der Waals surface area (Å²) >= 11 is 0. The van der Waals surface area contributed by atoms with Gasteiger partial charge in [0.05, 0.1) is 39.2 Å². The fourth-order valence-corrected chi connectivity index (χ4v) is 5.72. The third-order valence-corrected chi connectivity index (χ3v) is 7.51. The van der Waals surface area contributed by atoms with Crippen molar-refractivity contribution >= 4 is 70.9 Å². The number of carbonyl (C=O) groups excluding carboxylic acids is 1. The number of rotatable bonds is 1. The molecule has 0 aliphatic rings. The summed E-state index contributed by atoms with van der Waals surface area (Å²) < 4.78 is 0. The second-order valence-corrected chi connectivity index (χ2v) is 11.0. The zero-order valence-electron chi connectivity index (χ0n) is 25.9. The van der Waals surface area contributed by atoms with Crippen molar-refractivity contribution in [1.82, 2.24) is 19.9 Å². The first kappa shape index (κ1) is 32.3. The number of hydrogen-bond acceptors (Lipinski definition) is 6. The minimum Gasteiger partial charge on any atom is -0.512 e. The Hall–Kier alpha value is -5.10. The number of nitrogens with zero attached hydrogens (tertiary/aromatic N) is 4. The van der Waals surface area contributed by atoms with Crippen LogP contribution < -0.4 is 0 Å². The first-order valence-electron chi connectivity index (χ1n) is 14.7. The number of aromatic nitrogens is 4. The van der Waals surface area contributed by atoms with Gasteiger partial charge in [-0.25, -0.2) is 9.97 Å². The quantitative estimate of drug-likeness (QED) is 0.102. The van der Waals surface area contributed by atoms with Crippen molar-refractivity contribution in [3.63, 3.8) is 0 Å². The number of hydrogen-bond donors (Lipinski definition) is 1. The molecule has 1 N–H and O–H groups in total. The molecule has 46 heavy (non-hydrogen) atoms. The van der Waals surface area contributed by atoms with Crippen molar-refractivity contribution in [2.24, 2.45) is 0 Å². The second-order valence-electron chi connectivity index (χ2n) is 11.0. The van der Waals surface area contributed by atoms with E-state index in [0.717, 1.165) is 33.5 Å². The Labute approximate surface area is 280 Å². The molecule has 0 saturated heterocycles. The van der Waals surface area contributed by atoms with Gasteiger partial charge < -0.3 is 5.11 Å². The van der Waals surface area contributed by atoms with Crippen molar-refractivity contribution in [1.29, 1.82) is 0 Å². The van der Waals surface area contributed by atoms with Crippen LogP contribution in [0.5, 0.6) is 0 Å². The van der Waals surface area contributed by atoms with Crippen LogP contribution in [0.25, 0.3) is 65.2 Å². The van der Waals surface area contributed by atoms with Crippen molar-refractivity contribution < 1.29 is 30.0 Å². The number of allylic oxidation sites excluding steroid dienone is 2. The predicted molar refractivity (Wildman–Crippen MR) is 186 cm³/mol. The average molecular weight is 781 g/mol. The summed E-state index contributed by atoms with van der Waals surface area (Å²) in [7, 11) is 0. The van der Waals surface area contributed by atoms with Gasteiger partial charge in [-0.1, -0.05) is 97.1 Å². The first-order valence-corrected chi connectivity index (χ1v) is 14.7. The molecule has 6 aromatic carbocycles. The molecule has 8 aromatic rings. The molecular weight excluding hydrogens is 749 g/mol. The molecule has 1 radical (unpaired) electrons. The number of aliphatic hydroxyl groups excluding tert-OH is 1. The van der Waals surface area contributed by atoms with E-state index in [1.165, 1.54) is 63.0 Å². The van der Waals surface area contributed by atoms with Gasteiger partial charge in [-0.2, -0.15) is 0 Å². The van der Waals surface area contributed by atoms with E-state index in [0.29, 0.717) is 0 Å². The summed E-state index contributed by atoms with van der Waals surface area (Å²) in [5.41, 5.74) is 5.87. The minimum absolute atomic E-state index is 0. The van der Waals surface area contributed by atoms with Gasteiger partial charge >= 0.3 is 0 Å². The Bertz CT molecular complexity index is 2190. The number of fused-ring (bicyclic) bond motifs is 12. The molecule has 8 rings (SSSR count). The average Bonchev–Trinajstić information content (AvgIpc) is 3.05. The molecule has 0 aliphatic carbocycles. The van der Waals surface area contributed by atoms with Gasteiger partial charge in [-0.15, -0.1) is 0 Å². The monoisotopic (exact) mass is 781 g/mol. The number of benzene rings is 6. The summed E-state index contributed by atoms with van der Waals surface area (Å²) in [4.78, 5) is 28.6. The maximum atomic E-state index is 10.0. The molecule has 0 unspecified atom stereocenters. The van der Waals surface area contributed by atoms with Crippen LogP contribution in [0, 0.1) is 13.8 Å². The third kappa shape index (κ3) is 6.47. The van der Waals surface area contributed by atoms with Gasteiger partial charge in [0.15, 0.2) is 5.78 Å². The molecular formula is C39H32IrN4O2. The maximum absolute atomic E-state index is 10.0. The number of aliphatic hydroxyl groups is 1. The van der Waals surface area contributed by atoms with Gasteiger partial charge in [0.25, 0.3) is 0 Å². The molecule has 0 aliphatic heterocycles. The van der Waals surface area contributed by atoms with Crippen LogP contribution in [0.1, 0.15) is 25.2 Å². The van der Waals surface area contributed by atoms with E-state index in [4.69, 9.17) is 15.1 Å². The summed E-state index contributed by atoms with van der Waals surface area (Å²) in [6.45, 7) is 6.81. The Morgan fingerprint density at radius 1 is 0.522 bits per heavy atom. The fraction of sp³-hybridized carbons (Fsp3) is 0.103. The molecule has 7 heteroatoms. The summed E-state index contributed by atoms with van der Waals surface area (Å²) in [5.74, 6) is -0.0625. The first-order chi connectivity index (χ1) is 21.8. The van der Waals surface area contributed by atoms with E-state index >= 15 is 0 Å². The van der Waals surface area contributed by atoms with Crippen LogP contribution in [0.4, 0.5) is 0 Å². The van der Waals surface area contributed by atoms with E-state index in [-0.39, 0.29) is 31.6 Å². The molecule has 0 amide bonds. The zero-order valence-corrected chi connectivity index (χ0v) is 28.3. The van der Waals surface area contributed by atoms with Crippen molar-refractivity contribution in [3.05, 3.63) is 133 Å². The molecule has 0 saturated carbocycles. The SMILES string of the molecule is CC(=O)C=C(C)O.Cc1cnc2c3ccccc3c3ccccc3c2n1.Cc1cnc2c3ccccc3c3ccccc3c2n1.[Ir]. The topological polar surface area (TPSA) is 88.9 Å². The van der Waals surface area contributed by atoms with Crippen molar-refractivity contribution in [2.45, 2.75) is 27.7 Å². The van der Waals surface area contributed by atoms with E-state index in [2.05, 4.69) is 107 Å². The van der Waals surface area contributed by atoms with Crippen LogP contribution in [0.3, 0.4) is 0 Å². The van der Waals surface area contributed by atoms with Gasteiger partial charge in [-0.05, 0) is 49.2 Å². The smallest absolute Gasteiger partial charge is 0.155 e. The largest absolute Gasteiger partial charge is 0.512 e. The molecule has 229 valence electrons. The van der Waals surface area contributed by atoms with E-state index in [1.807, 2.05) is 26.2 Å². The van der Waals surface area contributed by atoms with Crippen LogP contribution in [0.15, 0.2) is 121 Å². The summed E-state index contributed by atoms with van der Waals surface area (Å²) in [6.07, 6.45) is 4.84. The molecule has 2 heterocycles. The molecule has 2 aromatic heterocycles. The van der Waals surface area contributed by atoms with Crippen LogP contribution in [0.2, 0.25) is 0 Å². The summed E-state index contributed by atoms with van der Waals surface area (Å²) in [6, 6.07) is 33.6.